The number of hydrogen-bond donors (Lipinski definition) is 1. The maximum atomic E-state index is 13.1. The lowest BCUT2D eigenvalue weighted by Crippen LogP contribution is -2.15. The standard InChI is InChI=1S/C16H17FN4OS/c1-2-13-10-14(22)21-16(19-13)23-15(20-21)18-8-4-6-11-5-3-7-12(17)9-11/h3,5,7,9-10H,2,4,6,8H2,1H3,(H,18,20). The summed E-state index contributed by atoms with van der Waals surface area (Å²) in [6.07, 6.45) is 2.36. The highest BCUT2D eigenvalue weighted by Crippen LogP contribution is 2.16. The van der Waals surface area contributed by atoms with E-state index in [1.807, 2.05) is 13.0 Å². The topological polar surface area (TPSA) is 59.3 Å². The van der Waals surface area contributed by atoms with Crippen LogP contribution in [0.1, 0.15) is 24.6 Å². The third kappa shape index (κ3) is 3.73. The van der Waals surface area contributed by atoms with Crippen molar-refractivity contribution in [3.8, 4) is 0 Å². The van der Waals surface area contributed by atoms with Gasteiger partial charge in [-0.1, -0.05) is 30.4 Å². The molecular formula is C16H17FN4OS. The first kappa shape index (κ1) is 15.6. The minimum atomic E-state index is -0.209. The van der Waals surface area contributed by atoms with Crippen molar-refractivity contribution in [2.24, 2.45) is 0 Å². The molecule has 0 fully saturated rings. The molecule has 3 aromatic rings. The summed E-state index contributed by atoms with van der Waals surface area (Å²) in [5.74, 6) is -0.209. The summed E-state index contributed by atoms with van der Waals surface area (Å²) >= 11 is 1.36. The van der Waals surface area contributed by atoms with E-state index in [0.717, 1.165) is 30.5 Å². The molecule has 2 aromatic heterocycles. The van der Waals surface area contributed by atoms with Crippen molar-refractivity contribution in [3.63, 3.8) is 0 Å². The van der Waals surface area contributed by atoms with Gasteiger partial charge in [0.2, 0.25) is 10.1 Å². The van der Waals surface area contributed by atoms with Gasteiger partial charge in [-0.3, -0.25) is 4.79 Å². The number of aromatic nitrogens is 3. The van der Waals surface area contributed by atoms with Crippen molar-refractivity contribution < 1.29 is 4.39 Å². The predicted octanol–water partition coefficient (Wildman–Crippen LogP) is 2.90. The first-order valence-electron chi connectivity index (χ1n) is 7.54. The molecule has 0 aliphatic heterocycles. The van der Waals surface area contributed by atoms with Crippen molar-refractivity contribution in [2.75, 3.05) is 11.9 Å². The van der Waals surface area contributed by atoms with Crippen LogP contribution in [0.25, 0.3) is 4.96 Å². The first-order chi connectivity index (χ1) is 11.2. The first-order valence-corrected chi connectivity index (χ1v) is 8.35. The van der Waals surface area contributed by atoms with E-state index in [2.05, 4.69) is 15.4 Å². The summed E-state index contributed by atoms with van der Waals surface area (Å²) in [7, 11) is 0. The molecule has 0 unspecified atom stereocenters. The Hall–Kier alpha value is -2.28. The lowest BCUT2D eigenvalue weighted by atomic mass is 10.1. The van der Waals surface area contributed by atoms with Crippen LogP contribution < -0.4 is 10.9 Å². The highest BCUT2D eigenvalue weighted by atomic mass is 32.1. The van der Waals surface area contributed by atoms with Crippen LogP contribution in [-0.4, -0.2) is 21.1 Å². The van der Waals surface area contributed by atoms with E-state index < -0.39 is 0 Å². The highest BCUT2D eigenvalue weighted by molar-refractivity contribution is 7.20. The Labute approximate surface area is 136 Å². The van der Waals surface area contributed by atoms with Gasteiger partial charge in [0.05, 0.1) is 0 Å². The van der Waals surface area contributed by atoms with E-state index in [1.54, 1.807) is 12.1 Å². The molecule has 0 aliphatic rings. The molecule has 0 amide bonds. The molecule has 0 saturated heterocycles. The highest BCUT2D eigenvalue weighted by Gasteiger charge is 2.07. The fourth-order valence-corrected chi connectivity index (χ4v) is 3.14. The van der Waals surface area contributed by atoms with Crippen LogP contribution >= 0.6 is 11.3 Å². The maximum Gasteiger partial charge on any atom is 0.275 e. The Balaban J connectivity index is 1.61. The van der Waals surface area contributed by atoms with Gasteiger partial charge in [0.15, 0.2) is 0 Å². The van der Waals surface area contributed by atoms with E-state index in [1.165, 1.54) is 28.0 Å². The van der Waals surface area contributed by atoms with Gasteiger partial charge >= 0.3 is 0 Å². The minimum Gasteiger partial charge on any atom is -0.360 e. The number of hydrogen-bond acceptors (Lipinski definition) is 5. The van der Waals surface area contributed by atoms with Crippen LogP contribution in [0.2, 0.25) is 0 Å². The average Bonchev–Trinajstić information content (AvgIpc) is 2.95. The molecule has 1 N–H and O–H groups in total. The molecule has 2 heterocycles. The molecule has 0 aliphatic carbocycles. The van der Waals surface area contributed by atoms with E-state index in [0.29, 0.717) is 16.6 Å². The fourth-order valence-electron chi connectivity index (χ4n) is 2.29. The smallest absolute Gasteiger partial charge is 0.275 e. The molecule has 23 heavy (non-hydrogen) atoms. The molecule has 0 saturated carbocycles. The Kier molecular flexibility index (Phi) is 4.66. The number of rotatable bonds is 6. The number of nitrogens with zero attached hydrogens (tertiary/aromatic N) is 3. The lowest BCUT2D eigenvalue weighted by Gasteiger charge is -2.02. The summed E-state index contributed by atoms with van der Waals surface area (Å²) in [6, 6.07) is 8.14. The number of nitrogens with one attached hydrogen (secondary N) is 1. The van der Waals surface area contributed by atoms with Gasteiger partial charge in [0.1, 0.15) is 5.82 Å². The van der Waals surface area contributed by atoms with Gasteiger partial charge < -0.3 is 5.32 Å². The largest absolute Gasteiger partial charge is 0.360 e. The van der Waals surface area contributed by atoms with Gasteiger partial charge in [0.25, 0.3) is 5.56 Å². The number of fused-ring (bicyclic) bond motifs is 1. The van der Waals surface area contributed by atoms with Crippen molar-refractivity contribution in [2.45, 2.75) is 26.2 Å². The maximum absolute atomic E-state index is 13.1. The zero-order valence-electron chi connectivity index (χ0n) is 12.8. The second-order valence-corrected chi connectivity index (χ2v) is 6.16. The SMILES string of the molecule is CCc1cc(=O)n2nc(NCCCc3cccc(F)c3)sc2n1. The van der Waals surface area contributed by atoms with Gasteiger partial charge in [-0.15, -0.1) is 5.10 Å². The Morgan fingerprint density at radius 1 is 1.35 bits per heavy atom. The fraction of sp³-hybridized carbons (Fsp3) is 0.312. The van der Waals surface area contributed by atoms with Gasteiger partial charge in [-0.2, -0.15) is 4.52 Å². The second-order valence-electron chi connectivity index (χ2n) is 5.20. The quantitative estimate of drug-likeness (QED) is 0.705. The monoisotopic (exact) mass is 332 g/mol. The molecule has 0 bridgehead atoms. The van der Waals surface area contributed by atoms with E-state index in [4.69, 9.17) is 0 Å². The third-order valence-corrected chi connectivity index (χ3v) is 4.33. The van der Waals surface area contributed by atoms with Gasteiger partial charge in [-0.05, 0) is 37.0 Å². The molecule has 7 heteroatoms. The zero-order valence-corrected chi connectivity index (χ0v) is 13.6. The van der Waals surface area contributed by atoms with Gasteiger partial charge in [0, 0.05) is 18.3 Å². The molecule has 0 atom stereocenters. The Morgan fingerprint density at radius 2 is 2.22 bits per heavy atom. The van der Waals surface area contributed by atoms with Crippen molar-refractivity contribution in [1.29, 1.82) is 0 Å². The van der Waals surface area contributed by atoms with Crippen molar-refractivity contribution in [1.82, 2.24) is 14.6 Å². The zero-order chi connectivity index (χ0) is 16.2. The van der Waals surface area contributed by atoms with Crippen LogP contribution in [0.4, 0.5) is 9.52 Å². The lowest BCUT2D eigenvalue weighted by molar-refractivity contribution is 0.624. The molecule has 5 nitrogen and oxygen atoms in total. The van der Waals surface area contributed by atoms with E-state index in [9.17, 15) is 9.18 Å². The summed E-state index contributed by atoms with van der Waals surface area (Å²) in [6.45, 7) is 2.66. The number of aryl methyl sites for hydroxylation is 2. The minimum absolute atomic E-state index is 0.157. The molecule has 1 aromatic carbocycles. The number of anilines is 1. The summed E-state index contributed by atoms with van der Waals surface area (Å²) < 4.78 is 14.4. The van der Waals surface area contributed by atoms with Crippen molar-refractivity contribution in [3.05, 3.63) is 57.8 Å². The second kappa shape index (κ2) is 6.87. The normalized spacial score (nSPS) is 11.0. The summed E-state index contributed by atoms with van der Waals surface area (Å²) in [4.78, 5) is 16.9. The third-order valence-electron chi connectivity index (χ3n) is 3.47. The number of benzene rings is 1. The molecular weight excluding hydrogens is 315 g/mol. The van der Waals surface area contributed by atoms with Crippen LogP contribution in [0.15, 0.2) is 35.1 Å². The number of halogens is 1. The summed E-state index contributed by atoms with van der Waals surface area (Å²) in [5, 5.41) is 8.10. The van der Waals surface area contributed by atoms with Crippen LogP contribution in [0.3, 0.4) is 0 Å². The van der Waals surface area contributed by atoms with E-state index in [-0.39, 0.29) is 11.4 Å². The average molecular weight is 332 g/mol. The van der Waals surface area contributed by atoms with Crippen LogP contribution in [-0.2, 0) is 12.8 Å². The van der Waals surface area contributed by atoms with Crippen LogP contribution in [0, 0.1) is 5.82 Å². The predicted molar refractivity (Wildman–Crippen MR) is 89.7 cm³/mol. The molecule has 120 valence electrons. The Bertz CT molecular complexity index is 874. The van der Waals surface area contributed by atoms with Crippen LogP contribution in [0.5, 0.6) is 0 Å². The van der Waals surface area contributed by atoms with E-state index >= 15 is 0 Å². The Morgan fingerprint density at radius 3 is 3.00 bits per heavy atom. The summed E-state index contributed by atoms with van der Waals surface area (Å²) in [5.41, 5.74) is 1.59. The molecule has 3 rings (SSSR count). The van der Waals surface area contributed by atoms with Crippen molar-refractivity contribution >= 4 is 21.4 Å². The van der Waals surface area contributed by atoms with Gasteiger partial charge in [-0.25, -0.2) is 9.37 Å². The molecule has 0 radical (unpaired) electrons. The molecule has 0 spiro atoms.